The number of anilines is 1. The maximum atomic E-state index is 13.2. The highest BCUT2D eigenvalue weighted by molar-refractivity contribution is 5.86. The van der Waals surface area contributed by atoms with Gasteiger partial charge in [-0.1, -0.05) is 24.3 Å². The highest BCUT2D eigenvalue weighted by Gasteiger charge is 2.27. The third-order valence-corrected chi connectivity index (χ3v) is 5.58. The van der Waals surface area contributed by atoms with Crippen LogP contribution in [-0.2, 0) is 6.54 Å². The molecule has 1 aromatic heterocycles. The molecule has 1 aliphatic heterocycles. The highest BCUT2D eigenvalue weighted by Crippen LogP contribution is 2.28. The van der Waals surface area contributed by atoms with Crippen molar-refractivity contribution >= 4 is 16.7 Å². The van der Waals surface area contributed by atoms with Crippen molar-refractivity contribution in [1.29, 1.82) is 0 Å². The number of piperazine rings is 1. The number of hydrogen-bond acceptors (Lipinski definition) is 5. The van der Waals surface area contributed by atoms with Gasteiger partial charge in [0, 0.05) is 44.2 Å². The van der Waals surface area contributed by atoms with Gasteiger partial charge in [-0.05, 0) is 42.3 Å². The van der Waals surface area contributed by atoms with E-state index in [9.17, 15) is 9.50 Å². The molecule has 1 N–H and O–H groups in total. The van der Waals surface area contributed by atoms with Gasteiger partial charge < -0.3 is 14.7 Å². The number of nitrogens with zero attached hydrogens (tertiary/aromatic N) is 3. The van der Waals surface area contributed by atoms with E-state index in [0.717, 1.165) is 54.2 Å². The summed E-state index contributed by atoms with van der Waals surface area (Å²) in [5, 5.41) is 10.6. The fourth-order valence-electron chi connectivity index (χ4n) is 4.01. The Morgan fingerprint density at radius 2 is 1.93 bits per heavy atom. The number of hydrogen-bond donors (Lipinski definition) is 1. The molecule has 0 spiro atoms. The van der Waals surface area contributed by atoms with E-state index in [1.54, 1.807) is 7.11 Å². The van der Waals surface area contributed by atoms with Crippen molar-refractivity contribution in [2.45, 2.75) is 19.0 Å². The summed E-state index contributed by atoms with van der Waals surface area (Å²) in [6.07, 6.45) is 0.689. The summed E-state index contributed by atoms with van der Waals surface area (Å²) < 4.78 is 18.7. The Morgan fingerprint density at radius 3 is 2.69 bits per heavy atom. The minimum Gasteiger partial charge on any atom is -0.494 e. The molecule has 1 unspecified atom stereocenters. The molecule has 0 saturated carbocycles. The molecule has 1 fully saturated rings. The Kier molecular flexibility index (Phi) is 5.92. The van der Waals surface area contributed by atoms with Crippen LogP contribution in [0.1, 0.15) is 12.0 Å². The molecule has 1 atom stereocenters. The zero-order valence-electron chi connectivity index (χ0n) is 16.6. The first-order valence-electron chi connectivity index (χ1n) is 9.96. The third kappa shape index (κ3) is 4.33. The van der Waals surface area contributed by atoms with Gasteiger partial charge in [0.15, 0.2) is 0 Å². The summed E-state index contributed by atoms with van der Waals surface area (Å²) in [7, 11) is 1.66. The monoisotopic (exact) mass is 395 g/mol. The van der Waals surface area contributed by atoms with Crippen molar-refractivity contribution in [1.82, 2.24) is 9.88 Å². The zero-order valence-corrected chi connectivity index (χ0v) is 16.6. The first-order chi connectivity index (χ1) is 14.2. The SMILES string of the molecule is COc1cccc2ccc(N3CCN(Cc4ccc(F)cc4)C(CCO)C3)nc12. The molecule has 6 heteroatoms. The summed E-state index contributed by atoms with van der Waals surface area (Å²) in [5.74, 6) is 1.47. The second kappa shape index (κ2) is 8.76. The lowest BCUT2D eigenvalue weighted by Gasteiger charge is -2.42. The van der Waals surface area contributed by atoms with Crippen LogP contribution in [0.3, 0.4) is 0 Å². The number of halogens is 1. The Bertz CT molecular complexity index is 964. The van der Waals surface area contributed by atoms with Gasteiger partial charge in [-0.15, -0.1) is 0 Å². The Morgan fingerprint density at radius 1 is 1.10 bits per heavy atom. The van der Waals surface area contributed by atoms with Gasteiger partial charge in [-0.25, -0.2) is 9.37 Å². The summed E-state index contributed by atoms with van der Waals surface area (Å²) in [6.45, 7) is 3.37. The standard InChI is InChI=1S/C23H26FN3O2/c1-29-21-4-2-3-18-7-10-22(25-23(18)21)27-13-12-26(20(16-27)11-14-28)15-17-5-8-19(24)9-6-17/h2-10,20,28H,11-16H2,1H3. The van der Waals surface area contributed by atoms with Gasteiger partial charge in [0.2, 0.25) is 0 Å². The molecule has 152 valence electrons. The maximum absolute atomic E-state index is 13.2. The largest absolute Gasteiger partial charge is 0.494 e. The average Bonchev–Trinajstić information content (AvgIpc) is 2.76. The number of aliphatic hydroxyl groups excluding tert-OH is 1. The Hall–Kier alpha value is -2.70. The van der Waals surface area contributed by atoms with Gasteiger partial charge in [-0.2, -0.15) is 0 Å². The summed E-state index contributed by atoms with van der Waals surface area (Å²) in [6, 6.07) is 16.9. The lowest BCUT2D eigenvalue weighted by atomic mass is 10.1. The van der Waals surface area contributed by atoms with Gasteiger partial charge in [0.25, 0.3) is 0 Å². The van der Waals surface area contributed by atoms with Crippen molar-refractivity contribution in [3.63, 3.8) is 0 Å². The van der Waals surface area contributed by atoms with Gasteiger partial charge in [0.05, 0.1) is 7.11 Å². The van der Waals surface area contributed by atoms with Crippen molar-refractivity contribution < 1.29 is 14.2 Å². The van der Waals surface area contributed by atoms with Crippen LogP contribution in [-0.4, -0.2) is 54.4 Å². The molecule has 0 bridgehead atoms. The van der Waals surface area contributed by atoms with Gasteiger partial charge in [-0.3, -0.25) is 4.90 Å². The van der Waals surface area contributed by atoms with E-state index in [-0.39, 0.29) is 18.5 Å². The molecule has 0 amide bonds. The number of methoxy groups -OCH3 is 1. The van der Waals surface area contributed by atoms with E-state index in [1.807, 2.05) is 36.4 Å². The molecule has 1 saturated heterocycles. The van der Waals surface area contributed by atoms with Crippen LogP contribution in [0.2, 0.25) is 0 Å². The lowest BCUT2D eigenvalue weighted by Crippen LogP contribution is -2.53. The summed E-state index contributed by atoms with van der Waals surface area (Å²) in [5.41, 5.74) is 1.94. The van der Waals surface area contributed by atoms with Crippen LogP contribution in [0.25, 0.3) is 10.9 Å². The van der Waals surface area contributed by atoms with Crippen LogP contribution < -0.4 is 9.64 Å². The van der Waals surface area contributed by atoms with Crippen molar-refractivity contribution in [3.05, 3.63) is 66.0 Å². The second-order valence-corrected chi connectivity index (χ2v) is 7.41. The average molecular weight is 395 g/mol. The minimum absolute atomic E-state index is 0.136. The van der Waals surface area contributed by atoms with E-state index in [4.69, 9.17) is 9.72 Å². The normalized spacial score (nSPS) is 17.6. The first-order valence-corrected chi connectivity index (χ1v) is 9.96. The van der Waals surface area contributed by atoms with Crippen molar-refractivity contribution in [3.8, 4) is 5.75 Å². The molecular weight excluding hydrogens is 369 g/mol. The van der Waals surface area contributed by atoms with E-state index in [1.165, 1.54) is 12.1 Å². The quantitative estimate of drug-likeness (QED) is 0.693. The number of ether oxygens (including phenoxy) is 1. The molecule has 1 aliphatic rings. The van der Waals surface area contributed by atoms with Crippen molar-refractivity contribution in [2.75, 3.05) is 38.3 Å². The predicted molar refractivity (Wildman–Crippen MR) is 113 cm³/mol. The van der Waals surface area contributed by atoms with E-state index < -0.39 is 0 Å². The molecule has 2 aromatic carbocycles. The number of pyridine rings is 1. The smallest absolute Gasteiger partial charge is 0.145 e. The predicted octanol–water partition coefficient (Wildman–Crippen LogP) is 3.46. The van der Waals surface area contributed by atoms with Gasteiger partial charge in [0.1, 0.15) is 22.9 Å². The molecular formula is C23H26FN3O2. The first kappa shape index (κ1) is 19.6. The molecule has 5 nitrogen and oxygen atoms in total. The highest BCUT2D eigenvalue weighted by atomic mass is 19.1. The fraction of sp³-hybridized carbons (Fsp3) is 0.348. The summed E-state index contributed by atoms with van der Waals surface area (Å²) in [4.78, 5) is 9.50. The van der Waals surface area contributed by atoms with Crippen LogP contribution in [0, 0.1) is 5.82 Å². The van der Waals surface area contributed by atoms with Crippen LogP contribution in [0.4, 0.5) is 10.2 Å². The summed E-state index contributed by atoms with van der Waals surface area (Å²) >= 11 is 0. The lowest BCUT2D eigenvalue weighted by molar-refractivity contribution is 0.135. The molecule has 0 radical (unpaired) electrons. The number of aromatic nitrogens is 1. The number of para-hydroxylation sites is 1. The Balaban J connectivity index is 1.53. The number of fused-ring (bicyclic) bond motifs is 1. The molecule has 2 heterocycles. The van der Waals surface area contributed by atoms with E-state index in [0.29, 0.717) is 6.42 Å². The Labute approximate surface area is 170 Å². The molecule has 29 heavy (non-hydrogen) atoms. The van der Waals surface area contributed by atoms with Crippen LogP contribution in [0.15, 0.2) is 54.6 Å². The second-order valence-electron chi connectivity index (χ2n) is 7.41. The zero-order chi connectivity index (χ0) is 20.2. The molecule has 4 rings (SSSR count). The van der Waals surface area contributed by atoms with Crippen LogP contribution in [0.5, 0.6) is 5.75 Å². The van der Waals surface area contributed by atoms with E-state index in [2.05, 4.69) is 15.9 Å². The third-order valence-electron chi connectivity index (χ3n) is 5.58. The fourth-order valence-corrected chi connectivity index (χ4v) is 4.01. The maximum Gasteiger partial charge on any atom is 0.145 e. The molecule has 3 aromatic rings. The van der Waals surface area contributed by atoms with Crippen LogP contribution >= 0.6 is 0 Å². The molecule has 0 aliphatic carbocycles. The number of benzene rings is 2. The van der Waals surface area contributed by atoms with Gasteiger partial charge >= 0.3 is 0 Å². The number of aliphatic hydroxyl groups is 1. The number of rotatable bonds is 6. The minimum atomic E-state index is -0.219. The van der Waals surface area contributed by atoms with E-state index >= 15 is 0 Å². The topological polar surface area (TPSA) is 48.8 Å². The van der Waals surface area contributed by atoms with Crippen molar-refractivity contribution in [2.24, 2.45) is 0 Å².